The van der Waals surface area contributed by atoms with Gasteiger partial charge in [0.1, 0.15) is 4.88 Å². The van der Waals surface area contributed by atoms with Crippen LogP contribution in [-0.2, 0) is 14.9 Å². The zero-order valence-electron chi connectivity index (χ0n) is 13.3. The predicted molar refractivity (Wildman–Crippen MR) is 84.8 cm³/mol. The molecule has 1 aromatic rings. The third kappa shape index (κ3) is 3.64. The van der Waals surface area contributed by atoms with Crippen molar-refractivity contribution in [2.24, 2.45) is 11.1 Å². The van der Waals surface area contributed by atoms with Crippen molar-refractivity contribution >= 4 is 23.2 Å². The number of hydrogen-bond acceptors (Lipinski definition) is 5. The van der Waals surface area contributed by atoms with E-state index in [4.69, 9.17) is 10.5 Å². The van der Waals surface area contributed by atoms with Crippen molar-refractivity contribution in [1.29, 1.82) is 0 Å². The number of aromatic nitrogens is 1. The molecule has 2 heterocycles. The highest BCUT2D eigenvalue weighted by Crippen LogP contribution is 2.30. The smallest absolute Gasteiger partial charge is 0.263 e. The maximum atomic E-state index is 12.3. The molecule has 1 aliphatic rings. The summed E-state index contributed by atoms with van der Waals surface area (Å²) >= 11 is 1.38. The first-order valence-electron chi connectivity index (χ1n) is 7.37. The van der Waals surface area contributed by atoms with E-state index in [1.165, 1.54) is 11.3 Å². The summed E-state index contributed by atoms with van der Waals surface area (Å²) in [7, 11) is 0. The Hall–Kier alpha value is -1.47. The van der Waals surface area contributed by atoms with E-state index in [2.05, 4.69) is 31.1 Å². The predicted octanol–water partition coefficient (Wildman–Crippen LogP) is 1.45. The van der Waals surface area contributed by atoms with Crippen LogP contribution < -0.4 is 11.1 Å². The Bertz CT molecular complexity index is 557. The Labute approximate surface area is 134 Å². The molecule has 0 aliphatic carbocycles. The highest BCUT2D eigenvalue weighted by Gasteiger charge is 2.38. The third-order valence-corrected chi connectivity index (χ3v) is 5.35. The lowest BCUT2D eigenvalue weighted by atomic mass is 9.79. The van der Waals surface area contributed by atoms with E-state index in [-0.39, 0.29) is 23.8 Å². The van der Waals surface area contributed by atoms with Crippen LogP contribution in [0.5, 0.6) is 0 Å². The standard InChI is InChI=1S/C15H23N3O3S/c1-14(2,3)13-17-8-10(22-13)11(19)18-9-15(12(16)20)4-6-21-7-5-15/h8H,4-7,9H2,1-3H3,(H2,16,20)(H,18,19). The minimum absolute atomic E-state index is 0.0850. The molecule has 1 fully saturated rings. The van der Waals surface area contributed by atoms with E-state index < -0.39 is 5.41 Å². The molecule has 0 radical (unpaired) electrons. The summed E-state index contributed by atoms with van der Waals surface area (Å²) in [6.07, 6.45) is 2.67. The van der Waals surface area contributed by atoms with E-state index in [1.54, 1.807) is 6.20 Å². The Balaban J connectivity index is 2.02. The van der Waals surface area contributed by atoms with Gasteiger partial charge >= 0.3 is 0 Å². The number of nitrogens with one attached hydrogen (secondary N) is 1. The van der Waals surface area contributed by atoms with Gasteiger partial charge in [-0.1, -0.05) is 20.8 Å². The fraction of sp³-hybridized carbons (Fsp3) is 0.667. The molecule has 0 unspecified atom stereocenters. The monoisotopic (exact) mass is 325 g/mol. The van der Waals surface area contributed by atoms with Crippen LogP contribution in [0.25, 0.3) is 0 Å². The van der Waals surface area contributed by atoms with Crippen molar-refractivity contribution in [3.05, 3.63) is 16.1 Å². The molecule has 0 atom stereocenters. The van der Waals surface area contributed by atoms with E-state index in [9.17, 15) is 9.59 Å². The SMILES string of the molecule is CC(C)(C)c1ncc(C(=O)NCC2(C(N)=O)CCOCC2)s1. The van der Waals surface area contributed by atoms with E-state index in [0.717, 1.165) is 5.01 Å². The largest absolute Gasteiger partial charge is 0.381 e. The van der Waals surface area contributed by atoms with Crippen LogP contribution in [0, 0.1) is 5.41 Å². The quantitative estimate of drug-likeness (QED) is 0.876. The van der Waals surface area contributed by atoms with Crippen molar-refractivity contribution in [3.8, 4) is 0 Å². The number of nitrogens with zero attached hydrogens (tertiary/aromatic N) is 1. The van der Waals surface area contributed by atoms with Crippen molar-refractivity contribution in [3.63, 3.8) is 0 Å². The highest BCUT2D eigenvalue weighted by atomic mass is 32.1. The Morgan fingerprint density at radius 3 is 2.55 bits per heavy atom. The van der Waals surface area contributed by atoms with Gasteiger partial charge in [0.2, 0.25) is 5.91 Å². The number of amides is 2. The lowest BCUT2D eigenvalue weighted by Crippen LogP contribution is -2.49. The second-order valence-corrected chi connectivity index (χ2v) is 7.75. The van der Waals surface area contributed by atoms with Crippen molar-refractivity contribution in [2.45, 2.75) is 39.0 Å². The first-order valence-corrected chi connectivity index (χ1v) is 8.18. The molecule has 0 bridgehead atoms. The average molecular weight is 325 g/mol. The Morgan fingerprint density at radius 2 is 2.05 bits per heavy atom. The molecule has 22 heavy (non-hydrogen) atoms. The number of hydrogen-bond donors (Lipinski definition) is 2. The summed E-state index contributed by atoms with van der Waals surface area (Å²) in [4.78, 5) is 28.9. The highest BCUT2D eigenvalue weighted by molar-refractivity contribution is 7.13. The number of carbonyl (C=O) groups excluding carboxylic acids is 2. The van der Waals surface area contributed by atoms with Gasteiger partial charge in [0.05, 0.1) is 16.6 Å². The molecule has 1 aliphatic heterocycles. The van der Waals surface area contributed by atoms with Crippen LogP contribution in [0.4, 0.5) is 0 Å². The second-order valence-electron chi connectivity index (χ2n) is 6.72. The van der Waals surface area contributed by atoms with Gasteiger partial charge in [-0.05, 0) is 12.8 Å². The molecule has 2 rings (SSSR count). The maximum Gasteiger partial charge on any atom is 0.263 e. The van der Waals surface area contributed by atoms with Gasteiger partial charge in [0, 0.05) is 25.2 Å². The second kappa shape index (κ2) is 6.34. The van der Waals surface area contributed by atoms with Gasteiger partial charge in [0.15, 0.2) is 0 Å². The molecule has 0 saturated carbocycles. The third-order valence-electron chi connectivity index (χ3n) is 3.93. The van der Waals surface area contributed by atoms with Gasteiger partial charge in [-0.25, -0.2) is 4.98 Å². The molecule has 3 N–H and O–H groups in total. The van der Waals surface area contributed by atoms with Crippen LogP contribution in [0.2, 0.25) is 0 Å². The summed E-state index contributed by atoms with van der Waals surface area (Å²) in [5.74, 6) is -0.587. The summed E-state index contributed by atoms with van der Waals surface area (Å²) < 4.78 is 5.28. The summed E-state index contributed by atoms with van der Waals surface area (Å²) in [6, 6.07) is 0. The van der Waals surface area contributed by atoms with Crippen LogP contribution in [0.1, 0.15) is 48.3 Å². The molecule has 122 valence electrons. The molecular weight excluding hydrogens is 302 g/mol. The van der Waals surface area contributed by atoms with Gasteiger partial charge in [-0.15, -0.1) is 11.3 Å². The summed E-state index contributed by atoms with van der Waals surface area (Å²) in [5, 5.41) is 3.74. The number of rotatable bonds is 4. The number of primary amides is 1. The molecule has 0 spiro atoms. The normalized spacial score (nSPS) is 18.0. The number of ether oxygens (including phenoxy) is 1. The van der Waals surface area contributed by atoms with Crippen LogP contribution in [0.3, 0.4) is 0 Å². The molecule has 1 saturated heterocycles. The van der Waals surface area contributed by atoms with E-state index in [0.29, 0.717) is 30.9 Å². The number of carbonyl (C=O) groups is 2. The zero-order chi connectivity index (χ0) is 16.4. The number of nitrogens with two attached hydrogens (primary N) is 1. The van der Waals surface area contributed by atoms with Gasteiger partial charge < -0.3 is 15.8 Å². The summed E-state index contributed by atoms with van der Waals surface area (Å²) in [5.41, 5.74) is 4.74. The summed E-state index contributed by atoms with van der Waals surface area (Å²) in [6.45, 7) is 7.39. The first kappa shape index (κ1) is 16.9. The van der Waals surface area contributed by atoms with E-state index in [1.807, 2.05) is 0 Å². The van der Waals surface area contributed by atoms with Crippen molar-refractivity contribution < 1.29 is 14.3 Å². The lowest BCUT2D eigenvalue weighted by molar-refractivity contribution is -0.132. The lowest BCUT2D eigenvalue weighted by Gasteiger charge is -2.34. The van der Waals surface area contributed by atoms with Crippen LogP contribution in [-0.4, -0.2) is 36.6 Å². The fourth-order valence-electron chi connectivity index (χ4n) is 2.33. The van der Waals surface area contributed by atoms with Crippen molar-refractivity contribution in [1.82, 2.24) is 10.3 Å². The topological polar surface area (TPSA) is 94.3 Å². The van der Waals surface area contributed by atoms with Crippen LogP contribution in [0.15, 0.2) is 6.20 Å². The molecule has 7 heteroatoms. The molecule has 2 amide bonds. The fourth-order valence-corrected chi connectivity index (χ4v) is 3.23. The van der Waals surface area contributed by atoms with Gasteiger partial charge in [-0.3, -0.25) is 9.59 Å². The van der Waals surface area contributed by atoms with E-state index >= 15 is 0 Å². The molecule has 6 nitrogen and oxygen atoms in total. The molecule has 1 aromatic heterocycles. The average Bonchev–Trinajstić information content (AvgIpc) is 2.95. The van der Waals surface area contributed by atoms with Gasteiger partial charge in [-0.2, -0.15) is 0 Å². The van der Waals surface area contributed by atoms with Gasteiger partial charge in [0.25, 0.3) is 5.91 Å². The first-order chi connectivity index (χ1) is 10.2. The van der Waals surface area contributed by atoms with Crippen molar-refractivity contribution in [2.75, 3.05) is 19.8 Å². The van der Waals surface area contributed by atoms with Crippen LogP contribution >= 0.6 is 11.3 Å². The Kier molecular flexibility index (Phi) is 4.87. The number of thiazole rings is 1. The minimum atomic E-state index is -0.703. The molecule has 0 aromatic carbocycles. The minimum Gasteiger partial charge on any atom is -0.381 e. The Morgan fingerprint density at radius 1 is 1.41 bits per heavy atom. The molecular formula is C15H23N3O3S. The maximum absolute atomic E-state index is 12.3. The zero-order valence-corrected chi connectivity index (χ0v) is 14.1.